The summed E-state index contributed by atoms with van der Waals surface area (Å²) in [6.45, 7) is 0.698. The molecule has 1 atom stereocenters. The molecule has 0 bridgehead atoms. The van der Waals surface area contributed by atoms with Crippen LogP contribution in [0, 0.1) is 5.82 Å². The SMILES string of the molecule is Fc1ccc(SC(Cn2ccnc2)c2ccc(Cl)cc2Cl)cc1. The molecule has 2 aromatic carbocycles. The van der Waals surface area contributed by atoms with Crippen LogP contribution in [0.2, 0.25) is 10.0 Å². The van der Waals surface area contributed by atoms with E-state index in [2.05, 4.69) is 4.98 Å². The number of halogens is 3. The van der Waals surface area contributed by atoms with Crippen LogP contribution in [0.25, 0.3) is 0 Å². The van der Waals surface area contributed by atoms with Crippen molar-refractivity contribution in [3.05, 3.63) is 82.6 Å². The van der Waals surface area contributed by atoms with Crippen LogP contribution >= 0.6 is 35.0 Å². The molecule has 0 radical (unpaired) electrons. The number of rotatable bonds is 5. The maximum atomic E-state index is 13.1. The van der Waals surface area contributed by atoms with Crippen LogP contribution in [0.5, 0.6) is 0 Å². The molecule has 0 amide bonds. The Morgan fingerprint density at radius 1 is 1.13 bits per heavy atom. The molecule has 6 heteroatoms. The highest BCUT2D eigenvalue weighted by molar-refractivity contribution is 7.99. The summed E-state index contributed by atoms with van der Waals surface area (Å²) in [5, 5.41) is 1.28. The lowest BCUT2D eigenvalue weighted by atomic mass is 10.1. The van der Waals surface area contributed by atoms with E-state index in [1.165, 1.54) is 12.1 Å². The molecule has 0 saturated heterocycles. The van der Waals surface area contributed by atoms with Gasteiger partial charge in [-0.05, 0) is 42.0 Å². The first kappa shape index (κ1) is 16.4. The Bertz CT molecular complexity index is 776. The summed E-state index contributed by atoms with van der Waals surface area (Å²) < 4.78 is 15.1. The molecule has 23 heavy (non-hydrogen) atoms. The summed E-state index contributed by atoms with van der Waals surface area (Å²) in [5.74, 6) is -0.245. The molecule has 2 nitrogen and oxygen atoms in total. The Morgan fingerprint density at radius 3 is 2.57 bits per heavy atom. The van der Waals surface area contributed by atoms with Crippen molar-refractivity contribution in [2.24, 2.45) is 0 Å². The molecule has 1 aromatic heterocycles. The van der Waals surface area contributed by atoms with E-state index in [9.17, 15) is 4.39 Å². The van der Waals surface area contributed by atoms with Crippen LogP contribution in [-0.4, -0.2) is 9.55 Å². The Balaban J connectivity index is 1.90. The van der Waals surface area contributed by atoms with Crippen LogP contribution in [0.3, 0.4) is 0 Å². The number of nitrogens with zero attached hydrogens (tertiary/aromatic N) is 2. The van der Waals surface area contributed by atoms with Crippen LogP contribution in [-0.2, 0) is 6.54 Å². The molecular weight excluding hydrogens is 354 g/mol. The minimum Gasteiger partial charge on any atom is -0.336 e. The standard InChI is InChI=1S/C17H13Cl2FN2S/c18-12-1-6-15(16(19)9-12)17(10-22-8-7-21-11-22)23-14-4-2-13(20)3-5-14/h1-9,11,17H,10H2. The van der Waals surface area contributed by atoms with Gasteiger partial charge in [-0.3, -0.25) is 0 Å². The molecule has 1 heterocycles. The zero-order valence-electron chi connectivity index (χ0n) is 12.0. The number of imidazole rings is 1. The Kier molecular flexibility index (Phi) is 5.26. The van der Waals surface area contributed by atoms with Gasteiger partial charge in [-0.25, -0.2) is 9.37 Å². The molecule has 0 N–H and O–H groups in total. The highest BCUT2D eigenvalue weighted by atomic mass is 35.5. The summed E-state index contributed by atoms with van der Waals surface area (Å²) >= 11 is 14.0. The summed E-state index contributed by atoms with van der Waals surface area (Å²) in [5.41, 5.74) is 0.985. The summed E-state index contributed by atoms with van der Waals surface area (Å²) in [6.07, 6.45) is 5.41. The van der Waals surface area contributed by atoms with Gasteiger partial charge in [-0.2, -0.15) is 0 Å². The molecule has 0 spiro atoms. The Hall–Kier alpha value is -1.49. The van der Waals surface area contributed by atoms with Gasteiger partial charge in [0.1, 0.15) is 5.82 Å². The zero-order valence-corrected chi connectivity index (χ0v) is 14.3. The summed E-state index contributed by atoms with van der Waals surface area (Å²) in [4.78, 5) is 5.05. The molecule has 1 unspecified atom stereocenters. The highest BCUT2D eigenvalue weighted by Crippen LogP contribution is 2.40. The highest BCUT2D eigenvalue weighted by Gasteiger charge is 2.17. The van der Waals surface area contributed by atoms with E-state index in [0.29, 0.717) is 16.6 Å². The second kappa shape index (κ2) is 7.39. The van der Waals surface area contributed by atoms with Crippen LogP contribution < -0.4 is 0 Å². The van der Waals surface area contributed by atoms with Gasteiger partial charge in [0.25, 0.3) is 0 Å². The fourth-order valence-corrected chi connectivity index (χ4v) is 4.03. The lowest BCUT2D eigenvalue weighted by Gasteiger charge is -2.19. The molecule has 0 aliphatic carbocycles. The first-order valence-electron chi connectivity index (χ1n) is 6.95. The fourth-order valence-electron chi connectivity index (χ4n) is 2.23. The molecular formula is C17H13Cl2FN2S. The summed E-state index contributed by atoms with van der Waals surface area (Å²) in [6, 6.07) is 12.0. The van der Waals surface area contributed by atoms with Gasteiger partial charge in [0.05, 0.1) is 11.6 Å². The predicted molar refractivity (Wildman–Crippen MR) is 93.7 cm³/mol. The van der Waals surface area contributed by atoms with Crippen molar-refractivity contribution < 1.29 is 4.39 Å². The molecule has 0 aliphatic heterocycles. The van der Waals surface area contributed by atoms with Crippen LogP contribution in [0.1, 0.15) is 10.8 Å². The molecule has 0 fully saturated rings. The van der Waals surface area contributed by atoms with E-state index in [1.54, 1.807) is 42.5 Å². The molecule has 3 rings (SSSR count). The van der Waals surface area contributed by atoms with Crippen molar-refractivity contribution in [1.29, 1.82) is 0 Å². The van der Waals surface area contributed by atoms with Gasteiger partial charge in [-0.1, -0.05) is 29.3 Å². The van der Waals surface area contributed by atoms with Gasteiger partial charge in [-0.15, -0.1) is 11.8 Å². The molecule has 3 aromatic rings. The maximum absolute atomic E-state index is 13.1. The van der Waals surface area contributed by atoms with Crippen molar-refractivity contribution in [3.8, 4) is 0 Å². The van der Waals surface area contributed by atoms with Gasteiger partial charge >= 0.3 is 0 Å². The molecule has 0 aliphatic rings. The van der Waals surface area contributed by atoms with Crippen LogP contribution in [0.4, 0.5) is 4.39 Å². The van der Waals surface area contributed by atoms with Crippen molar-refractivity contribution in [2.75, 3.05) is 0 Å². The van der Waals surface area contributed by atoms with Crippen molar-refractivity contribution in [1.82, 2.24) is 9.55 Å². The fraction of sp³-hybridized carbons (Fsp3) is 0.118. The van der Waals surface area contributed by atoms with E-state index in [-0.39, 0.29) is 11.1 Å². The average molecular weight is 367 g/mol. The third-order valence-corrected chi connectivity index (χ3v) is 5.13. The van der Waals surface area contributed by atoms with Gasteiger partial charge in [0, 0.05) is 33.9 Å². The monoisotopic (exact) mass is 366 g/mol. The third-order valence-electron chi connectivity index (χ3n) is 3.34. The number of hydrogen-bond acceptors (Lipinski definition) is 2. The van der Waals surface area contributed by atoms with E-state index >= 15 is 0 Å². The maximum Gasteiger partial charge on any atom is 0.123 e. The quantitative estimate of drug-likeness (QED) is 0.526. The second-order valence-electron chi connectivity index (χ2n) is 4.99. The minimum atomic E-state index is -0.245. The number of thioether (sulfide) groups is 1. The number of aromatic nitrogens is 2. The lowest BCUT2D eigenvalue weighted by Crippen LogP contribution is -2.05. The zero-order chi connectivity index (χ0) is 16.2. The average Bonchev–Trinajstić information content (AvgIpc) is 3.02. The first-order chi connectivity index (χ1) is 11.1. The van der Waals surface area contributed by atoms with Crippen LogP contribution in [0.15, 0.2) is 66.1 Å². The molecule has 0 saturated carbocycles. The Labute approximate surface area is 148 Å². The number of hydrogen-bond donors (Lipinski definition) is 0. The van der Waals surface area contributed by atoms with Crippen molar-refractivity contribution >= 4 is 35.0 Å². The van der Waals surface area contributed by atoms with E-state index in [1.807, 2.05) is 22.9 Å². The predicted octanol–water partition coefficient (Wildman–Crippen LogP) is 5.86. The van der Waals surface area contributed by atoms with Crippen molar-refractivity contribution in [3.63, 3.8) is 0 Å². The number of benzene rings is 2. The normalized spacial score (nSPS) is 12.3. The third kappa shape index (κ3) is 4.28. The summed E-state index contributed by atoms with van der Waals surface area (Å²) in [7, 11) is 0. The van der Waals surface area contributed by atoms with Crippen molar-refractivity contribution in [2.45, 2.75) is 16.7 Å². The second-order valence-corrected chi connectivity index (χ2v) is 7.11. The topological polar surface area (TPSA) is 17.8 Å². The first-order valence-corrected chi connectivity index (χ1v) is 8.58. The minimum absolute atomic E-state index is 0.0550. The van der Waals surface area contributed by atoms with Gasteiger partial charge in [0.15, 0.2) is 0 Å². The van der Waals surface area contributed by atoms with E-state index in [4.69, 9.17) is 23.2 Å². The largest absolute Gasteiger partial charge is 0.336 e. The lowest BCUT2D eigenvalue weighted by molar-refractivity contribution is 0.626. The van der Waals surface area contributed by atoms with E-state index in [0.717, 1.165) is 10.5 Å². The Morgan fingerprint density at radius 2 is 1.91 bits per heavy atom. The van der Waals surface area contributed by atoms with E-state index < -0.39 is 0 Å². The van der Waals surface area contributed by atoms with Gasteiger partial charge < -0.3 is 4.57 Å². The molecule has 118 valence electrons. The smallest absolute Gasteiger partial charge is 0.123 e. The van der Waals surface area contributed by atoms with Gasteiger partial charge in [0.2, 0.25) is 0 Å².